The van der Waals surface area contributed by atoms with E-state index in [1.54, 1.807) is 18.2 Å². The van der Waals surface area contributed by atoms with Crippen LogP contribution in [0.2, 0.25) is 0 Å². The molecule has 2 aromatic rings. The van der Waals surface area contributed by atoms with Gasteiger partial charge >= 0.3 is 5.97 Å². The van der Waals surface area contributed by atoms with Crippen LogP contribution >= 0.6 is 0 Å². The quantitative estimate of drug-likeness (QED) is 0.594. The summed E-state index contributed by atoms with van der Waals surface area (Å²) in [4.78, 5) is 21.1. The number of aliphatic carboxylic acids is 1. The Balaban J connectivity index is 2.05. The maximum atomic E-state index is 13.9. The Labute approximate surface area is 136 Å². The number of nitrogens with two attached hydrogens (primary N) is 1. The fraction of sp³-hybridized carbons (Fsp3) is 0.188. The third-order valence-corrected chi connectivity index (χ3v) is 3.38. The zero-order valence-corrected chi connectivity index (χ0v) is 12.5. The van der Waals surface area contributed by atoms with Crippen molar-refractivity contribution in [1.82, 2.24) is 0 Å². The lowest BCUT2D eigenvalue weighted by Gasteiger charge is -2.13. The van der Waals surface area contributed by atoms with Crippen LogP contribution in [-0.2, 0) is 11.4 Å². The average Bonchev–Trinajstić information content (AvgIpc) is 2.59. The summed E-state index contributed by atoms with van der Waals surface area (Å²) in [5.74, 6) is -1.06. The summed E-state index contributed by atoms with van der Waals surface area (Å²) in [6, 6.07) is 10.2. The molecule has 0 amide bonds. The number of nitro groups is 1. The molecule has 1 unspecified atom stereocenters. The molecule has 0 aromatic heterocycles. The predicted octanol–water partition coefficient (Wildman–Crippen LogP) is 2.60. The molecule has 126 valence electrons. The van der Waals surface area contributed by atoms with Crippen LogP contribution in [0.15, 0.2) is 48.5 Å². The zero-order valence-electron chi connectivity index (χ0n) is 12.5. The highest BCUT2D eigenvalue weighted by Gasteiger charge is 2.25. The molecule has 0 heterocycles. The van der Waals surface area contributed by atoms with Gasteiger partial charge in [0.15, 0.2) is 6.17 Å². The Bertz CT molecular complexity index is 736. The van der Waals surface area contributed by atoms with Crippen molar-refractivity contribution in [2.24, 2.45) is 5.73 Å². The number of nitro benzene ring substituents is 1. The van der Waals surface area contributed by atoms with Crippen molar-refractivity contribution in [3.8, 4) is 5.75 Å². The molecule has 7 nitrogen and oxygen atoms in total. The van der Waals surface area contributed by atoms with Crippen LogP contribution in [0.3, 0.4) is 0 Å². The van der Waals surface area contributed by atoms with Crippen LogP contribution in [-0.4, -0.2) is 22.0 Å². The normalized spacial score (nSPS) is 13.1. The van der Waals surface area contributed by atoms with Crippen molar-refractivity contribution >= 4 is 11.7 Å². The maximum Gasteiger partial charge on any atom is 0.323 e. The molecular weight excluding hydrogens is 319 g/mol. The molecule has 0 saturated carbocycles. The first kappa shape index (κ1) is 17.4. The van der Waals surface area contributed by atoms with Gasteiger partial charge in [0.05, 0.1) is 10.5 Å². The van der Waals surface area contributed by atoms with Gasteiger partial charge in [-0.25, -0.2) is 4.39 Å². The molecule has 0 saturated heterocycles. The van der Waals surface area contributed by atoms with Gasteiger partial charge in [0.1, 0.15) is 18.4 Å². The van der Waals surface area contributed by atoms with E-state index in [-0.39, 0.29) is 17.9 Å². The van der Waals surface area contributed by atoms with Crippen molar-refractivity contribution < 1.29 is 24.0 Å². The Morgan fingerprint density at radius 2 is 1.88 bits per heavy atom. The molecular formula is C16H15FN2O5. The summed E-state index contributed by atoms with van der Waals surface area (Å²) >= 11 is 0. The number of ether oxygens (including phenoxy) is 1. The molecule has 0 spiro atoms. The van der Waals surface area contributed by atoms with Gasteiger partial charge in [0.25, 0.3) is 5.69 Å². The molecule has 8 heteroatoms. The van der Waals surface area contributed by atoms with Gasteiger partial charge in [-0.15, -0.1) is 0 Å². The SMILES string of the molecule is N[C@H](C(=O)O)C(F)c1ccc(OCc2ccccc2[N+](=O)[O-])cc1. The van der Waals surface area contributed by atoms with E-state index in [9.17, 15) is 19.3 Å². The summed E-state index contributed by atoms with van der Waals surface area (Å²) in [6.45, 7) is -0.0236. The molecule has 3 N–H and O–H groups in total. The molecule has 0 radical (unpaired) electrons. The first-order valence-corrected chi connectivity index (χ1v) is 6.97. The van der Waals surface area contributed by atoms with Crippen molar-refractivity contribution in [1.29, 1.82) is 0 Å². The zero-order chi connectivity index (χ0) is 17.7. The van der Waals surface area contributed by atoms with Gasteiger partial charge in [0, 0.05) is 6.07 Å². The minimum Gasteiger partial charge on any atom is -0.489 e. The van der Waals surface area contributed by atoms with E-state index >= 15 is 0 Å². The standard InChI is InChI=1S/C16H15FN2O5/c17-14(15(18)16(20)21)10-5-7-12(8-6-10)24-9-11-3-1-2-4-13(11)19(22)23/h1-8,14-15H,9,18H2,(H,20,21)/t14?,15-/m0/s1. The lowest BCUT2D eigenvalue weighted by molar-refractivity contribution is -0.385. The van der Waals surface area contributed by atoms with Crippen molar-refractivity contribution in [3.63, 3.8) is 0 Å². The Hall–Kier alpha value is -3.00. The number of halogens is 1. The second-order valence-electron chi connectivity index (χ2n) is 5.01. The van der Waals surface area contributed by atoms with Crippen molar-refractivity contribution in [2.45, 2.75) is 18.8 Å². The lowest BCUT2D eigenvalue weighted by atomic mass is 10.0. The topological polar surface area (TPSA) is 116 Å². The molecule has 0 aliphatic carbocycles. The number of carboxylic acid groups (broad SMARTS) is 1. The second-order valence-corrected chi connectivity index (χ2v) is 5.01. The molecule has 0 bridgehead atoms. The lowest BCUT2D eigenvalue weighted by Crippen LogP contribution is -2.34. The third-order valence-electron chi connectivity index (χ3n) is 3.38. The van der Waals surface area contributed by atoms with E-state index in [2.05, 4.69) is 0 Å². The molecule has 2 aromatic carbocycles. The van der Waals surface area contributed by atoms with Crippen LogP contribution < -0.4 is 10.5 Å². The Morgan fingerprint density at radius 3 is 2.46 bits per heavy atom. The monoisotopic (exact) mass is 334 g/mol. The van der Waals surface area contributed by atoms with Crippen molar-refractivity contribution in [3.05, 3.63) is 69.8 Å². The largest absolute Gasteiger partial charge is 0.489 e. The highest BCUT2D eigenvalue weighted by atomic mass is 19.1. The van der Waals surface area contributed by atoms with Crippen LogP contribution in [0.5, 0.6) is 5.75 Å². The average molecular weight is 334 g/mol. The summed E-state index contributed by atoms with van der Waals surface area (Å²) < 4.78 is 19.3. The summed E-state index contributed by atoms with van der Waals surface area (Å²) in [5.41, 5.74) is 5.71. The first-order valence-electron chi connectivity index (χ1n) is 6.97. The van der Waals surface area contributed by atoms with E-state index in [1.165, 1.54) is 30.3 Å². The number of carboxylic acids is 1. The predicted molar refractivity (Wildman–Crippen MR) is 83.3 cm³/mol. The van der Waals surface area contributed by atoms with E-state index in [1.807, 2.05) is 0 Å². The number of nitrogens with zero attached hydrogens (tertiary/aromatic N) is 1. The number of rotatable bonds is 7. The summed E-state index contributed by atoms with van der Waals surface area (Å²) in [5, 5.41) is 19.6. The van der Waals surface area contributed by atoms with Crippen LogP contribution in [0.1, 0.15) is 17.3 Å². The van der Waals surface area contributed by atoms with Gasteiger partial charge in [-0.3, -0.25) is 14.9 Å². The summed E-state index contributed by atoms with van der Waals surface area (Å²) in [7, 11) is 0. The molecule has 0 aliphatic rings. The highest BCUT2D eigenvalue weighted by molar-refractivity contribution is 5.74. The smallest absolute Gasteiger partial charge is 0.323 e. The highest BCUT2D eigenvalue weighted by Crippen LogP contribution is 2.24. The Kier molecular flexibility index (Phi) is 5.43. The number of hydrogen-bond donors (Lipinski definition) is 2. The van der Waals surface area contributed by atoms with E-state index < -0.39 is 23.1 Å². The van der Waals surface area contributed by atoms with Crippen LogP contribution in [0.4, 0.5) is 10.1 Å². The van der Waals surface area contributed by atoms with Gasteiger partial charge in [0.2, 0.25) is 0 Å². The van der Waals surface area contributed by atoms with E-state index in [0.717, 1.165) is 0 Å². The minimum absolute atomic E-state index is 0.0236. The molecule has 24 heavy (non-hydrogen) atoms. The maximum absolute atomic E-state index is 13.9. The summed E-state index contributed by atoms with van der Waals surface area (Å²) in [6.07, 6.45) is -1.84. The fourth-order valence-electron chi connectivity index (χ4n) is 2.05. The van der Waals surface area contributed by atoms with Gasteiger partial charge in [-0.2, -0.15) is 0 Å². The molecule has 0 aliphatic heterocycles. The van der Waals surface area contributed by atoms with Crippen molar-refractivity contribution in [2.75, 3.05) is 0 Å². The molecule has 2 atom stereocenters. The number of hydrogen-bond acceptors (Lipinski definition) is 5. The number of para-hydroxylation sites is 1. The van der Waals surface area contributed by atoms with Gasteiger partial charge in [-0.1, -0.05) is 24.3 Å². The van der Waals surface area contributed by atoms with E-state index in [4.69, 9.17) is 15.6 Å². The molecule has 2 rings (SSSR count). The number of benzene rings is 2. The van der Waals surface area contributed by atoms with E-state index in [0.29, 0.717) is 11.3 Å². The van der Waals surface area contributed by atoms with Crippen LogP contribution in [0.25, 0.3) is 0 Å². The fourth-order valence-corrected chi connectivity index (χ4v) is 2.05. The molecule has 0 fully saturated rings. The van der Waals surface area contributed by atoms with Gasteiger partial charge in [-0.05, 0) is 23.8 Å². The van der Waals surface area contributed by atoms with Crippen LogP contribution in [0, 0.1) is 10.1 Å². The Morgan fingerprint density at radius 1 is 1.25 bits per heavy atom. The van der Waals surface area contributed by atoms with Gasteiger partial charge < -0.3 is 15.6 Å². The first-order chi connectivity index (χ1) is 11.4. The third kappa shape index (κ3) is 4.05. The number of carbonyl (C=O) groups is 1. The second kappa shape index (κ2) is 7.51. The minimum atomic E-state index is -1.84. The number of alkyl halides is 1.